The monoisotopic (exact) mass is 334 g/mol. The number of methoxy groups -OCH3 is 1. The lowest BCUT2D eigenvalue weighted by Crippen LogP contribution is -2.41. The Kier molecular flexibility index (Phi) is 5.08. The van der Waals surface area contributed by atoms with Crippen molar-refractivity contribution in [1.29, 1.82) is 0 Å². The van der Waals surface area contributed by atoms with E-state index < -0.39 is 18.3 Å². The molecular formula is C17H23BO6. The Morgan fingerprint density at radius 2 is 1.79 bits per heavy atom. The van der Waals surface area contributed by atoms with Crippen molar-refractivity contribution in [2.24, 2.45) is 0 Å². The number of aliphatic hydroxyl groups is 1. The molecule has 2 rings (SSSR count). The quantitative estimate of drug-likeness (QED) is 0.634. The van der Waals surface area contributed by atoms with E-state index in [1.54, 1.807) is 6.08 Å². The third kappa shape index (κ3) is 3.33. The van der Waals surface area contributed by atoms with E-state index in [0.29, 0.717) is 17.3 Å². The molecule has 6 nitrogen and oxygen atoms in total. The molecule has 1 fully saturated rings. The van der Waals surface area contributed by atoms with Crippen LogP contribution in [0, 0.1) is 0 Å². The van der Waals surface area contributed by atoms with Crippen LogP contribution in [0.15, 0.2) is 17.6 Å². The second-order valence-electron chi connectivity index (χ2n) is 6.74. The molecule has 130 valence electrons. The Hall–Kier alpha value is -1.83. The lowest BCUT2D eigenvalue weighted by molar-refractivity contribution is 0.00578. The first-order valence-electron chi connectivity index (χ1n) is 7.68. The van der Waals surface area contributed by atoms with Crippen molar-refractivity contribution in [2.75, 3.05) is 13.7 Å². The van der Waals surface area contributed by atoms with Crippen molar-refractivity contribution in [3.8, 4) is 11.5 Å². The summed E-state index contributed by atoms with van der Waals surface area (Å²) in [5, 5.41) is 19.5. The SMILES string of the molecule is COc1cc(C=C(CO)B2OC(C)(C)C(C)(C)O2)c(C=O)cc1O. The number of phenolic OH excluding ortho intramolecular Hbond substituents is 1. The van der Waals surface area contributed by atoms with Crippen LogP contribution in [-0.2, 0) is 9.31 Å². The molecule has 0 unspecified atom stereocenters. The zero-order valence-corrected chi connectivity index (χ0v) is 14.6. The van der Waals surface area contributed by atoms with E-state index >= 15 is 0 Å². The summed E-state index contributed by atoms with van der Waals surface area (Å²) in [4.78, 5) is 11.3. The van der Waals surface area contributed by atoms with E-state index in [0.717, 1.165) is 0 Å². The molecule has 1 heterocycles. The molecule has 24 heavy (non-hydrogen) atoms. The minimum Gasteiger partial charge on any atom is -0.504 e. The fraction of sp³-hybridized carbons (Fsp3) is 0.471. The largest absolute Gasteiger partial charge is 0.504 e. The van der Waals surface area contributed by atoms with Gasteiger partial charge in [0.1, 0.15) is 0 Å². The highest BCUT2D eigenvalue weighted by Gasteiger charge is 2.52. The maximum atomic E-state index is 11.3. The van der Waals surface area contributed by atoms with Crippen molar-refractivity contribution in [1.82, 2.24) is 0 Å². The van der Waals surface area contributed by atoms with Gasteiger partial charge in [-0.25, -0.2) is 0 Å². The Morgan fingerprint density at radius 3 is 2.25 bits per heavy atom. The van der Waals surface area contributed by atoms with Crippen LogP contribution in [0.1, 0.15) is 43.6 Å². The molecule has 7 heteroatoms. The average molecular weight is 334 g/mol. The third-order valence-electron chi connectivity index (χ3n) is 4.59. The second kappa shape index (κ2) is 6.59. The number of phenols is 1. The summed E-state index contributed by atoms with van der Waals surface area (Å²) in [6, 6.07) is 2.84. The maximum Gasteiger partial charge on any atom is 0.492 e. The second-order valence-corrected chi connectivity index (χ2v) is 6.74. The van der Waals surface area contributed by atoms with Crippen molar-refractivity contribution < 1.29 is 29.1 Å². The van der Waals surface area contributed by atoms with Crippen LogP contribution in [0.3, 0.4) is 0 Å². The summed E-state index contributed by atoms with van der Waals surface area (Å²) in [7, 11) is 0.698. The minimum absolute atomic E-state index is 0.127. The minimum atomic E-state index is -0.723. The Balaban J connectivity index is 2.43. The van der Waals surface area contributed by atoms with Crippen LogP contribution in [0.2, 0.25) is 0 Å². The number of hydrogen-bond acceptors (Lipinski definition) is 6. The highest BCUT2D eigenvalue weighted by Crippen LogP contribution is 2.39. The molecule has 0 bridgehead atoms. The van der Waals surface area contributed by atoms with E-state index in [1.165, 1.54) is 19.2 Å². The highest BCUT2D eigenvalue weighted by atomic mass is 16.7. The number of aliphatic hydroxyl groups excluding tert-OH is 1. The number of carbonyl (C=O) groups excluding carboxylic acids is 1. The van der Waals surface area contributed by atoms with Gasteiger partial charge in [0.05, 0.1) is 24.9 Å². The van der Waals surface area contributed by atoms with Gasteiger partial charge in [0.25, 0.3) is 0 Å². The van der Waals surface area contributed by atoms with Crippen LogP contribution in [-0.4, -0.2) is 48.5 Å². The van der Waals surface area contributed by atoms with Gasteiger partial charge in [-0.3, -0.25) is 4.79 Å². The summed E-state index contributed by atoms with van der Waals surface area (Å²) in [6.07, 6.45) is 2.25. The Labute approximate surface area is 142 Å². The first-order valence-corrected chi connectivity index (χ1v) is 7.68. The zero-order chi connectivity index (χ0) is 18.1. The van der Waals surface area contributed by atoms with Crippen molar-refractivity contribution in [3.05, 3.63) is 28.7 Å². The highest BCUT2D eigenvalue weighted by molar-refractivity contribution is 6.55. The normalized spacial score (nSPS) is 19.4. The molecule has 0 amide bonds. The van der Waals surface area contributed by atoms with Gasteiger partial charge in [-0.05, 0) is 50.9 Å². The number of ether oxygens (including phenoxy) is 1. The van der Waals surface area contributed by atoms with E-state index in [2.05, 4.69) is 0 Å². The number of carbonyl (C=O) groups is 1. The molecule has 1 saturated heterocycles. The summed E-state index contributed by atoms with van der Waals surface area (Å²) in [5.41, 5.74) is 0.177. The molecule has 0 spiro atoms. The zero-order valence-electron chi connectivity index (χ0n) is 14.6. The van der Waals surface area contributed by atoms with Gasteiger partial charge in [-0.15, -0.1) is 0 Å². The van der Waals surface area contributed by atoms with Crippen molar-refractivity contribution >= 4 is 19.5 Å². The van der Waals surface area contributed by atoms with E-state index in [1.807, 2.05) is 27.7 Å². The molecule has 0 radical (unpaired) electrons. The molecule has 0 aromatic heterocycles. The van der Waals surface area contributed by atoms with Gasteiger partial charge in [-0.2, -0.15) is 0 Å². The van der Waals surface area contributed by atoms with Gasteiger partial charge in [0, 0.05) is 5.56 Å². The topological polar surface area (TPSA) is 85.2 Å². The predicted molar refractivity (Wildman–Crippen MR) is 91.2 cm³/mol. The summed E-state index contributed by atoms with van der Waals surface area (Å²) < 4.78 is 16.9. The maximum absolute atomic E-state index is 11.3. The molecular weight excluding hydrogens is 311 g/mol. The Morgan fingerprint density at radius 1 is 1.21 bits per heavy atom. The number of hydrogen-bond donors (Lipinski definition) is 2. The van der Waals surface area contributed by atoms with Gasteiger partial charge in [0.2, 0.25) is 0 Å². The van der Waals surface area contributed by atoms with Gasteiger partial charge in [0.15, 0.2) is 17.8 Å². The van der Waals surface area contributed by atoms with Crippen LogP contribution < -0.4 is 4.74 Å². The smallest absolute Gasteiger partial charge is 0.492 e. The summed E-state index contributed by atoms with van der Waals surface area (Å²) in [6.45, 7) is 7.38. The van der Waals surface area contributed by atoms with Crippen LogP contribution >= 0.6 is 0 Å². The fourth-order valence-corrected chi connectivity index (χ4v) is 2.37. The van der Waals surface area contributed by atoms with Crippen LogP contribution in [0.5, 0.6) is 11.5 Å². The number of rotatable bonds is 5. The Bertz CT molecular complexity index is 649. The summed E-state index contributed by atoms with van der Waals surface area (Å²) in [5.74, 6) is 0.107. The standard InChI is InChI=1S/C17H23BO6/c1-16(2)17(3,4)24-18(23-16)13(10-20)6-11-8-15(22-5)14(21)7-12(11)9-19/h6-9,20-21H,10H2,1-5H3. The number of benzene rings is 1. The van der Waals surface area contributed by atoms with E-state index in [-0.39, 0.29) is 23.7 Å². The molecule has 2 N–H and O–H groups in total. The number of aromatic hydroxyl groups is 1. The molecule has 1 aromatic rings. The van der Waals surface area contributed by atoms with Crippen LogP contribution in [0.25, 0.3) is 6.08 Å². The van der Waals surface area contributed by atoms with Crippen LogP contribution in [0.4, 0.5) is 0 Å². The lowest BCUT2D eigenvalue weighted by atomic mass is 9.77. The van der Waals surface area contributed by atoms with Crippen molar-refractivity contribution in [3.63, 3.8) is 0 Å². The molecule has 1 aliphatic heterocycles. The van der Waals surface area contributed by atoms with Gasteiger partial charge < -0.3 is 24.3 Å². The average Bonchev–Trinajstić information content (AvgIpc) is 2.73. The van der Waals surface area contributed by atoms with E-state index in [4.69, 9.17) is 14.0 Å². The van der Waals surface area contributed by atoms with Gasteiger partial charge in [-0.1, -0.05) is 6.08 Å². The molecule has 0 saturated carbocycles. The first-order chi connectivity index (χ1) is 11.1. The lowest BCUT2D eigenvalue weighted by Gasteiger charge is -2.32. The number of aldehydes is 1. The predicted octanol–water partition coefficient (Wildman–Crippen LogP) is 2.22. The molecule has 1 aliphatic rings. The van der Waals surface area contributed by atoms with Gasteiger partial charge >= 0.3 is 7.12 Å². The third-order valence-corrected chi connectivity index (χ3v) is 4.59. The van der Waals surface area contributed by atoms with E-state index in [9.17, 15) is 15.0 Å². The summed E-state index contributed by atoms with van der Waals surface area (Å²) >= 11 is 0. The molecule has 1 aromatic carbocycles. The fourth-order valence-electron chi connectivity index (χ4n) is 2.37. The first kappa shape index (κ1) is 18.5. The molecule has 0 atom stereocenters. The molecule has 0 aliphatic carbocycles. The van der Waals surface area contributed by atoms with Crippen molar-refractivity contribution in [2.45, 2.75) is 38.9 Å².